The van der Waals surface area contributed by atoms with Crippen LogP contribution in [0.4, 0.5) is 11.5 Å². The van der Waals surface area contributed by atoms with Crippen LogP contribution in [-0.2, 0) is 13.0 Å². The summed E-state index contributed by atoms with van der Waals surface area (Å²) in [5.41, 5.74) is 9.07. The lowest BCUT2D eigenvalue weighted by molar-refractivity contribution is 0.612. The highest BCUT2D eigenvalue weighted by atomic mass is 35.5. The molecule has 2 N–H and O–H groups in total. The molecular formula is C16H18ClN3. The van der Waals surface area contributed by atoms with Crippen molar-refractivity contribution < 1.29 is 0 Å². The highest BCUT2D eigenvalue weighted by molar-refractivity contribution is 6.31. The van der Waals surface area contributed by atoms with Gasteiger partial charge in [0.2, 0.25) is 0 Å². The maximum absolute atomic E-state index is 6.11. The van der Waals surface area contributed by atoms with Gasteiger partial charge in [-0.2, -0.15) is 0 Å². The average molecular weight is 288 g/mol. The second-order valence-electron chi connectivity index (χ2n) is 5.19. The van der Waals surface area contributed by atoms with Gasteiger partial charge in [0.25, 0.3) is 0 Å². The minimum atomic E-state index is 0.358. The highest BCUT2D eigenvalue weighted by Crippen LogP contribution is 2.36. The van der Waals surface area contributed by atoms with E-state index < -0.39 is 0 Å². The number of nitrogens with two attached hydrogens (primary N) is 1. The SMILES string of the molecule is CC1CCc2ccccc2N1c1ccc(Cl)c(CN)n1. The molecule has 1 unspecified atom stereocenters. The number of aryl methyl sites for hydroxylation is 1. The predicted molar refractivity (Wildman–Crippen MR) is 83.5 cm³/mol. The van der Waals surface area contributed by atoms with E-state index in [-0.39, 0.29) is 0 Å². The van der Waals surface area contributed by atoms with Gasteiger partial charge in [0.05, 0.1) is 10.7 Å². The first-order valence-electron chi connectivity index (χ1n) is 6.93. The molecule has 1 aliphatic rings. The number of hydrogen-bond donors (Lipinski definition) is 1. The van der Waals surface area contributed by atoms with Gasteiger partial charge in [0.15, 0.2) is 0 Å². The van der Waals surface area contributed by atoms with Gasteiger partial charge in [-0.1, -0.05) is 29.8 Å². The number of nitrogens with zero attached hydrogens (tertiary/aromatic N) is 2. The Hall–Kier alpha value is -1.58. The summed E-state index contributed by atoms with van der Waals surface area (Å²) in [5, 5.41) is 0.634. The first kappa shape index (κ1) is 13.4. The maximum atomic E-state index is 6.11. The van der Waals surface area contributed by atoms with Crippen LogP contribution in [0.5, 0.6) is 0 Å². The Bertz CT molecular complexity index is 627. The molecule has 0 radical (unpaired) electrons. The van der Waals surface area contributed by atoms with Gasteiger partial charge in [-0.25, -0.2) is 4.98 Å². The third-order valence-electron chi connectivity index (χ3n) is 3.87. The fourth-order valence-electron chi connectivity index (χ4n) is 2.79. The van der Waals surface area contributed by atoms with Crippen LogP contribution in [0.15, 0.2) is 36.4 Å². The smallest absolute Gasteiger partial charge is 0.133 e. The molecule has 2 aromatic rings. The molecule has 104 valence electrons. The summed E-state index contributed by atoms with van der Waals surface area (Å²) in [4.78, 5) is 6.92. The Kier molecular flexibility index (Phi) is 3.64. The summed E-state index contributed by atoms with van der Waals surface area (Å²) in [6, 6.07) is 12.8. The molecule has 3 rings (SSSR count). The summed E-state index contributed by atoms with van der Waals surface area (Å²) in [6.07, 6.45) is 2.24. The lowest BCUT2D eigenvalue weighted by Gasteiger charge is -2.36. The summed E-state index contributed by atoms with van der Waals surface area (Å²) in [7, 11) is 0. The minimum absolute atomic E-state index is 0.358. The zero-order valence-electron chi connectivity index (χ0n) is 11.5. The van der Waals surface area contributed by atoms with E-state index in [0.29, 0.717) is 17.6 Å². The van der Waals surface area contributed by atoms with E-state index in [1.807, 2.05) is 12.1 Å². The molecule has 1 aromatic heterocycles. The van der Waals surface area contributed by atoms with E-state index in [2.05, 4.69) is 41.1 Å². The molecule has 20 heavy (non-hydrogen) atoms. The van der Waals surface area contributed by atoms with E-state index in [9.17, 15) is 0 Å². The number of rotatable bonds is 2. The zero-order valence-corrected chi connectivity index (χ0v) is 12.3. The summed E-state index contributed by atoms with van der Waals surface area (Å²) in [6.45, 7) is 2.59. The molecule has 0 bridgehead atoms. The second kappa shape index (κ2) is 5.43. The Balaban J connectivity index is 2.09. The van der Waals surface area contributed by atoms with Crippen LogP contribution in [0.3, 0.4) is 0 Å². The third-order valence-corrected chi connectivity index (χ3v) is 4.21. The molecule has 2 heterocycles. The quantitative estimate of drug-likeness (QED) is 0.916. The molecule has 0 spiro atoms. The normalized spacial score (nSPS) is 17.9. The van der Waals surface area contributed by atoms with Crippen molar-refractivity contribution in [2.45, 2.75) is 32.4 Å². The van der Waals surface area contributed by atoms with E-state index in [0.717, 1.165) is 24.4 Å². The topological polar surface area (TPSA) is 42.1 Å². The van der Waals surface area contributed by atoms with Gasteiger partial charge in [0, 0.05) is 18.3 Å². The van der Waals surface area contributed by atoms with Crippen molar-refractivity contribution in [2.24, 2.45) is 5.73 Å². The summed E-state index contributed by atoms with van der Waals surface area (Å²) < 4.78 is 0. The molecule has 1 aromatic carbocycles. The van der Waals surface area contributed by atoms with E-state index in [1.54, 1.807) is 0 Å². The minimum Gasteiger partial charge on any atom is -0.325 e. The molecule has 4 heteroatoms. The van der Waals surface area contributed by atoms with E-state index in [1.165, 1.54) is 11.3 Å². The van der Waals surface area contributed by atoms with Crippen LogP contribution >= 0.6 is 11.6 Å². The van der Waals surface area contributed by atoms with Crippen LogP contribution in [0.2, 0.25) is 5.02 Å². The number of halogens is 1. The number of anilines is 2. The van der Waals surface area contributed by atoms with Crippen molar-refractivity contribution in [1.82, 2.24) is 4.98 Å². The average Bonchev–Trinajstić information content (AvgIpc) is 2.48. The zero-order chi connectivity index (χ0) is 14.1. The number of aromatic nitrogens is 1. The van der Waals surface area contributed by atoms with Crippen molar-refractivity contribution in [1.29, 1.82) is 0 Å². The van der Waals surface area contributed by atoms with Crippen molar-refractivity contribution in [3.63, 3.8) is 0 Å². The van der Waals surface area contributed by atoms with Gasteiger partial charge >= 0.3 is 0 Å². The standard InChI is InChI=1S/C16H18ClN3/c1-11-6-7-12-4-2-3-5-15(12)20(11)16-9-8-13(17)14(10-18)19-16/h2-5,8-9,11H,6-7,10,18H2,1H3. The Labute approximate surface area is 124 Å². The van der Waals surface area contributed by atoms with Gasteiger partial charge in [0.1, 0.15) is 5.82 Å². The van der Waals surface area contributed by atoms with E-state index in [4.69, 9.17) is 17.3 Å². The Morgan fingerprint density at radius 1 is 1.30 bits per heavy atom. The molecule has 0 aliphatic carbocycles. The fraction of sp³-hybridized carbons (Fsp3) is 0.312. The largest absolute Gasteiger partial charge is 0.325 e. The maximum Gasteiger partial charge on any atom is 0.133 e. The highest BCUT2D eigenvalue weighted by Gasteiger charge is 2.25. The molecule has 1 atom stereocenters. The molecule has 0 saturated heterocycles. The van der Waals surface area contributed by atoms with Crippen LogP contribution in [0.1, 0.15) is 24.6 Å². The predicted octanol–water partition coefficient (Wildman–Crippen LogP) is 3.67. The number of pyridine rings is 1. The molecule has 0 fully saturated rings. The van der Waals surface area contributed by atoms with Crippen LogP contribution in [0, 0.1) is 0 Å². The molecule has 0 saturated carbocycles. The lowest BCUT2D eigenvalue weighted by atomic mass is 9.96. The van der Waals surface area contributed by atoms with Gasteiger partial charge in [-0.15, -0.1) is 0 Å². The lowest BCUT2D eigenvalue weighted by Crippen LogP contribution is -2.34. The van der Waals surface area contributed by atoms with Crippen molar-refractivity contribution in [3.8, 4) is 0 Å². The number of fused-ring (bicyclic) bond motifs is 1. The number of para-hydroxylation sites is 1. The van der Waals surface area contributed by atoms with Crippen molar-refractivity contribution in [3.05, 3.63) is 52.7 Å². The molecular weight excluding hydrogens is 270 g/mol. The van der Waals surface area contributed by atoms with Crippen LogP contribution < -0.4 is 10.6 Å². The van der Waals surface area contributed by atoms with E-state index >= 15 is 0 Å². The molecule has 3 nitrogen and oxygen atoms in total. The second-order valence-corrected chi connectivity index (χ2v) is 5.60. The third kappa shape index (κ3) is 2.28. The summed E-state index contributed by atoms with van der Waals surface area (Å²) >= 11 is 6.11. The van der Waals surface area contributed by atoms with Crippen molar-refractivity contribution in [2.75, 3.05) is 4.90 Å². The van der Waals surface area contributed by atoms with Gasteiger partial charge in [-0.05, 0) is 43.5 Å². The number of benzene rings is 1. The fourth-order valence-corrected chi connectivity index (χ4v) is 2.97. The molecule has 0 amide bonds. The van der Waals surface area contributed by atoms with Crippen LogP contribution in [0.25, 0.3) is 0 Å². The van der Waals surface area contributed by atoms with Crippen molar-refractivity contribution >= 4 is 23.1 Å². The van der Waals surface area contributed by atoms with Gasteiger partial charge < -0.3 is 10.6 Å². The number of hydrogen-bond acceptors (Lipinski definition) is 3. The first-order valence-corrected chi connectivity index (χ1v) is 7.31. The first-order chi connectivity index (χ1) is 9.70. The Morgan fingerprint density at radius 2 is 2.10 bits per heavy atom. The Morgan fingerprint density at radius 3 is 2.90 bits per heavy atom. The van der Waals surface area contributed by atoms with Gasteiger partial charge in [-0.3, -0.25) is 0 Å². The molecule has 1 aliphatic heterocycles. The van der Waals surface area contributed by atoms with Crippen LogP contribution in [-0.4, -0.2) is 11.0 Å². The summed E-state index contributed by atoms with van der Waals surface area (Å²) in [5.74, 6) is 0.925. The monoisotopic (exact) mass is 287 g/mol.